The van der Waals surface area contributed by atoms with Crippen LogP contribution < -0.4 is 0 Å². The Bertz CT molecular complexity index is 3560. The van der Waals surface area contributed by atoms with Crippen molar-refractivity contribution in [3.05, 3.63) is 191 Å². The lowest BCUT2D eigenvalue weighted by Crippen LogP contribution is -2.13. The van der Waals surface area contributed by atoms with Crippen LogP contribution in [0, 0.1) is 39.0 Å². The molecule has 9 heteroatoms. The molecule has 0 aliphatic rings. The molecule has 2 aromatic heterocycles. The van der Waals surface area contributed by atoms with Gasteiger partial charge in [-0.2, -0.15) is 31.6 Å². The van der Waals surface area contributed by atoms with Gasteiger partial charge in [0.15, 0.2) is 0 Å². The summed E-state index contributed by atoms with van der Waals surface area (Å²) in [6.45, 7) is 8.15. The summed E-state index contributed by atoms with van der Waals surface area (Å²) >= 11 is 0. The first-order chi connectivity index (χ1) is 30.6. The zero-order valence-corrected chi connectivity index (χ0v) is 35.0. The van der Waals surface area contributed by atoms with E-state index in [9.17, 15) is 18.4 Å². The van der Waals surface area contributed by atoms with Crippen molar-refractivity contribution < 1.29 is 26.3 Å². The maximum Gasteiger partial charge on any atom is 0.417 e. The maximum absolute atomic E-state index is 15.0. The second kappa shape index (κ2) is 14.8. The molecule has 314 valence electrons. The first kappa shape index (κ1) is 40.5. The van der Waals surface area contributed by atoms with Crippen LogP contribution in [0.15, 0.2) is 152 Å². The number of rotatable bonds is 5. The van der Waals surface area contributed by atoms with Gasteiger partial charge in [0.05, 0.1) is 56.2 Å². The number of nitriles is 1. The Morgan fingerprint density at radius 1 is 0.406 bits per heavy atom. The highest BCUT2D eigenvalue weighted by atomic mass is 19.4. The lowest BCUT2D eigenvalue weighted by atomic mass is 9.92. The van der Waals surface area contributed by atoms with Gasteiger partial charge in [0.25, 0.3) is 0 Å². The molecule has 10 rings (SSSR count). The van der Waals surface area contributed by atoms with Gasteiger partial charge in [-0.05, 0) is 104 Å². The second-order valence-electron chi connectivity index (χ2n) is 16.7. The topological polar surface area (TPSA) is 33.6 Å². The van der Waals surface area contributed by atoms with Gasteiger partial charge in [0.2, 0.25) is 0 Å². The monoisotopic (exact) mass is 853 g/mol. The van der Waals surface area contributed by atoms with Gasteiger partial charge >= 0.3 is 12.4 Å². The molecular weight excluding hydrogens is 817 g/mol. The van der Waals surface area contributed by atoms with Crippen LogP contribution in [0.5, 0.6) is 0 Å². The number of aryl methyl sites for hydroxylation is 4. The quantitative estimate of drug-likeness (QED) is 0.159. The van der Waals surface area contributed by atoms with Crippen molar-refractivity contribution in [1.82, 2.24) is 9.13 Å². The molecule has 0 saturated heterocycles. The fraction of sp³-hybridized carbons (Fsp3) is 0.109. The lowest BCUT2D eigenvalue weighted by Gasteiger charge is -2.21. The van der Waals surface area contributed by atoms with E-state index in [4.69, 9.17) is 0 Å². The Morgan fingerprint density at radius 2 is 0.859 bits per heavy atom. The van der Waals surface area contributed by atoms with E-state index >= 15 is 13.2 Å². The summed E-state index contributed by atoms with van der Waals surface area (Å²) in [5.41, 5.74) is 8.41. The zero-order valence-electron chi connectivity index (χ0n) is 35.0. The molecule has 2 heterocycles. The van der Waals surface area contributed by atoms with Crippen molar-refractivity contribution in [2.24, 2.45) is 0 Å². The number of fused-ring (bicyclic) bond motifs is 6. The van der Waals surface area contributed by atoms with Crippen molar-refractivity contribution >= 4 is 43.6 Å². The number of para-hydroxylation sites is 2. The van der Waals surface area contributed by atoms with Crippen LogP contribution in [0.4, 0.5) is 26.3 Å². The Hall–Kier alpha value is -7.57. The number of aromatic nitrogens is 2. The van der Waals surface area contributed by atoms with Crippen LogP contribution in [-0.4, -0.2) is 9.13 Å². The Morgan fingerprint density at radius 3 is 1.31 bits per heavy atom. The summed E-state index contributed by atoms with van der Waals surface area (Å²) in [5, 5.41) is 14.5. The molecule has 10 aromatic rings. The van der Waals surface area contributed by atoms with Crippen molar-refractivity contribution in [3.8, 4) is 50.8 Å². The molecule has 0 aliphatic carbocycles. The molecule has 8 aromatic carbocycles. The minimum Gasteiger partial charge on any atom is -0.307 e. The number of hydrogen-bond donors (Lipinski definition) is 0. The van der Waals surface area contributed by atoms with Crippen LogP contribution in [-0.2, 0) is 12.4 Å². The van der Waals surface area contributed by atoms with Crippen LogP contribution >= 0.6 is 0 Å². The van der Waals surface area contributed by atoms with Gasteiger partial charge in [-0.15, -0.1) is 0 Å². The van der Waals surface area contributed by atoms with Gasteiger partial charge in [0.1, 0.15) is 0 Å². The van der Waals surface area contributed by atoms with Crippen LogP contribution in [0.2, 0.25) is 0 Å². The van der Waals surface area contributed by atoms with E-state index in [0.29, 0.717) is 17.4 Å². The standard InChI is InChI=1S/C55H37F6N3/c1-31-19-32(2)22-37(21-31)35-13-16-44-42-9-5-7-11-48(42)63(50(44)25-35)52-27-39(30-62)46(41-18-15-40(54(56,57)58)28-47(41)55(59,60)61)29-53(52)64-49-12-8-6-10-43(49)45-17-14-36(26-51(45)64)38-23-33(3)20-34(4)24-38/h5-29H,1-4H3. The third kappa shape index (κ3) is 6.78. The molecule has 0 aliphatic heterocycles. The first-order valence-electron chi connectivity index (χ1n) is 20.7. The fourth-order valence-electron chi connectivity index (χ4n) is 9.54. The Balaban J connectivity index is 1.37. The highest BCUT2D eigenvalue weighted by Gasteiger charge is 2.39. The summed E-state index contributed by atoms with van der Waals surface area (Å²) < 4.78 is 91.1. The van der Waals surface area contributed by atoms with E-state index in [2.05, 4.69) is 72.8 Å². The lowest BCUT2D eigenvalue weighted by molar-refractivity contribution is -0.142. The summed E-state index contributed by atoms with van der Waals surface area (Å²) in [7, 11) is 0. The zero-order chi connectivity index (χ0) is 44.8. The molecule has 0 atom stereocenters. The molecule has 0 radical (unpaired) electrons. The first-order valence-corrected chi connectivity index (χ1v) is 20.7. The van der Waals surface area contributed by atoms with Crippen molar-refractivity contribution in [2.45, 2.75) is 40.0 Å². The summed E-state index contributed by atoms with van der Waals surface area (Å²) in [4.78, 5) is 0. The predicted octanol–water partition coefficient (Wildman–Crippen LogP) is 16.0. The highest BCUT2D eigenvalue weighted by molar-refractivity contribution is 6.13. The Kier molecular flexibility index (Phi) is 9.35. The van der Waals surface area contributed by atoms with Gasteiger partial charge < -0.3 is 9.13 Å². The molecule has 3 nitrogen and oxygen atoms in total. The van der Waals surface area contributed by atoms with Gasteiger partial charge in [-0.3, -0.25) is 0 Å². The van der Waals surface area contributed by atoms with Crippen LogP contribution in [0.3, 0.4) is 0 Å². The van der Waals surface area contributed by atoms with Crippen molar-refractivity contribution in [1.29, 1.82) is 5.26 Å². The molecule has 0 bridgehead atoms. The van der Waals surface area contributed by atoms with E-state index in [1.807, 2.05) is 91.4 Å². The number of nitrogens with zero attached hydrogens (tertiary/aromatic N) is 3. The van der Waals surface area contributed by atoms with Crippen molar-refractivity contribution in [2.75, 3.05) is 0 Å². The number of hydrogen-bond acceptors (Lipinski definition) is 1. The van der Waals surface area contributed by atoms with E-state index < -0.39 is 29.0 Å². The number of alkyl halides is 6. The SMILES string of the molecule is Cc1cc(C)cc(-c2ccc3c4ccccc4n(-c4cc(C#N)c(-c5ccc(C(F)(F)F)cc5C(F)(F)F)cc4-n4c5ccccc5c5ccc(-c6cc(C)cc(C)c6)cc54)c3c2)c1. The van der Waals surface area contributed by atoms with Gasteiger partial charge in [-0.25, -0.2) is 0 Å². The van der Waals surface area contributed by atoms with E-state index in [1.54, 1.807) is 6.07 Å². The summed E-state index contributed by atoms with van der Waals surface area (Å²) in [6, 6.07) is 47.4. The number of benzene rings is 8. The molecule has 64 heavy (non-hydrogen) atoms. The van der Waals surface area contributed by atoms with Crippen LogP contribution in [0.25, 0.3) is 88.4 Å². The third-order valence-electron chi connectivity index (χ3n) is 12.1. The van der Waals surface area contributed by atoms with E-state index in [-0.39, 0.29) is 17.2 Å². The molecule has 0 saturated carbocycles. The van der Waals surface area contributed by atoms with Crippen molar-refractivity contribution in [3.63, 3.8) is 0 Å². The second-order valence-corrected chi connectivity index (χ2v) is 16.7. The largest absolute Gasteiger partial charge is 0.417 e. The van der Waals surface area contributed by atoms with Gasteiger partial charge in [0, 0.05) is 27.1 Å². The summed E-state index contributed by atoms with van der Waals surface area (Å²) in [6.07, 6.45) is -10.2. The van der Waals surface area contributed by atoms with E-state index in [1.165, 1.54) is 6.07 Å². The smallest absolute Gasteiger partial charge is 0.307 e. The third-order valence-corrected chi connectivity index (χ3v) is 12.1. The Labute approximate surface area is 364 Å². The predicted molar refractivity (Wildman–Crippen MR) is 245 cm³/mol. The minimum absolute atomic E-state index is 0.127. The minimum atomic E-state index is -5.19. The average molecular weight is 854 g/mol. The normalized spacial score (nSPS) is 12.2. The molecule has 0 unspecified atom stereocenters. The molecule has 0 fully saturated rings. The van der Waals surface area contributed by atoms with Crippen LogP contribution in [0.1, 0.15) is 38.9 Å². The van der Waals surface area contributed by atoms with Gasteiger partial charge in [-0.1, -0.05) is 125 Å². The molecule has 0 amide bonds. The summed E-state index contributed by atoms with van der Waals surface area (Å²) in [5.74, 6) is 0. The molecule has 0 spiro atoms. The molecule has 0 N–H and O–H groups in total. The van der Waals surface area contributed by atoms with E-state index in [0.717, 1.165) is 94.2 Å². The maximum atomic E-state index is 15.0. The number of halogens is 6. The average Bonchev–Trinajstić information content (AvgIpc) is 3.76. The highest BCUT2D eigenvalue weighted by Crippen LogP contribution is 2.46. The molecular formula is C55H37F6N3. The fourth-order valence-corrected chi connectivity index (χ4v) is 9.54.